The summed E-state index contributed by atoms with van der Waals surface area (Å²) in [5, 5.41) is 0.355. The minimum absolute atomic E-state index is 0.0420. The van der Waals surface area contributed by atoms with Crippen LogP contribution in [-0.2, 0) is 10.0 Å². The predicted molar refractivity (Wildman–Crippen MR) is 77.6 cm³/mol. The van der Waals surface area contributed by atoms with Crippen molar-refractivity contribution < 1.29 is 8.42 Å². The summed E-state index contributed by atoms with van der Waals surface area (Å²) in [6, 6.07) is 4.43. The van der Waals surface area contributed by atoms with Gasteiger partial charge in [-0.1, -0.05) is 23.3 Å². The SMILES string of the molecule is Nc1ccc(Cl)cc1S(=O)(=O)NCCC1=CCCC1. The molecule has 1 aliphatic carbocycles. The summed E-state index contributed by atoms with van der Waals surface area (Å²) >= 11 is 5.80. The molecule has 0 aromatic heterocycles. The van der Waals surface area contributed by atoms with E-state index >= 15 is 0 Å². The molecule has 0 atom stereocenters. The normalized spacial score (nSPS) is 15.5. The van der Waals surface area contributed by atoms with Crippen LogP contribution in [0.25, 0.3) is 0 Å². The third kappa shape index (κ3) is 3.72. The van der Waals surface area contributed by atoms with Crippen molar-refractivity contribution in [1.29, 1.82) is 0 Å². The van der Waals surface area contributed by atoms with Crippen molar-refractivity contribution in [2.45, 2.75) is 30.6 Å². The molecule has 0 saturated heterocycles. The van der Waals surface area contributed by atoms with Crippen LogP contribution in [0.4, 0.5) is 5.69 Å². The zero-order chi connectivity index (χ0) is 13.9. The molecule has 6 heteroatoms. The Balaban J connectivity index is 2.03. The van der Waals surface area contributed by atoms with Crippen LogP contribution < -0.4 is 10.5 Å². The zero-order valence-corrected chi connectivity index (χ0v) is 12.1. The molecule has 4 nitrogen and oxygen atoms in total. The van der Waals surface area contributed by atoms with E-state index in [-0.39, 0.29) is 10.6 Å². The van der Waals surface area contributed by atoms with Gasteiger partial charge in [0.15, 0.2) is 0 Å². The maximum absolute atomic E-state index is 12.1. The summed E-state index contributed by atoms with van der Waals surface area (Å²) in [5.74, 6) is 0. The molecule has 3 N–H and O–H groups in total. The number of rotatable bonds is 5. The van der Waals surface area contributed by atoms with Gasteiger partial charge in [-0.15, -0.1) is 0 Å². The molecule has 0 heterocycles. The zero-order valence-electron chi connectivity index (χ0n) is 10.5. The lowest BCUT2D eigenvalue weighted by atomic mass is 10.2. The maximum Gasteiger partial charge on any atom is 0.242 e. The van der Waals surface area contributed by atoms with E-state index in [1.165, 1.54) is 24.1 Å². The van der Waals surface area contributed by atoms with Gasteiger partial charge in [-0.05, 0) is 43.9 Å². The highest BCUT2D eigenvalue weighted by atomic mass is 35.5. The highest BCUT2D eigenvalue weighted by Crippen LogP contribution is 2.23. The topological polar surface area (TPSA) is 72.2 Å². The van der Waals surface area contributed by atoms with Gasteiger partial charge in [-0.3, -0.25) is 0 Å². The van der Waals surface area contributed by atoms with Gasteiger partial charge in [0.05, 0.1) is 5.69 Å². The summed E-state index contributed by atoms with van der Waals surface area (Å²) in [6.07, 6.45) is 6.27. The number of benzene rings is 1. The Hall–Kier alpha value is -1.04. The van der Waals surface area contributed by atoms with Gasteiger partial charge in [0.25, 0.3) is 0 Å². The second kappa shape index (κ2) is 5.94. The fourth-order valence-electron chi connectivity index (χ4n) is 2.13. The Bertz CT molecular complexity index is 597. The van der Waals surface area contributed by atoms with E-state index in [0.29, 0.717) is 11.6 Å². The standard InChI is InChI=1S/C13H17ClN2O2S/c14-11-5-6-12(15)13(9-11)19(17,18)16-8-7-10-3-1-2-4-10/h3,5-6,9,16H,1-2,4,7-8,15H2. The van der Waals surface area contributed by atoms with Gasteiger partial charge in [-0.2, -0.15) is 0 Å². The first kappa shape index (κ1) is 14.4. The third-order valence-corrected chi connectivity index (χ3v) is 4.89. The lowest BCUT2D eigenvalue weighted by Gasteiger charge is -2.09. The van der Waals surface area contributed by atoms with Crippen molar-refractivity contribution in [3.05, 3.63) is 34.9 Å². The molecule has 0 aliphatic heterocycles. The van der Waals surface area contributed by atoms with Crippen LogP contribution in [0.15, 0.2) is 34.7 Å². The minimum Gasteiger partial charge on any atom is -0.398 e. The molecule has 2 rings (SSSR count). The lowest BCUT2D eigenvalue weighted by molar-refractivity contribution is 0.581. The third-order valence-electron chi connectivity index (χ3n) is 3.14. The van der Waals surface area contributed by atoms with E-state index in [1.54, 1.807) is 6.07 Å². The van der Waals surface area contributed by atoms with Gasteiger partial charge in [0.2, 0.25) is 10.0 Å². The van der Waals surface area contributed by atoms with Crippen LogP contribution in [0.1, 0.15) is 25.7 Å². The molecule has 1 aliphatic rings. The van der Waals surface area contributed by atoms with Gasteiger partial charge in [0.1, 0.15) is 4.90 Å². The molecule has 104 valence electrons. The first-order chi connectivity index (χ1) is 8.99. The number of nitrogen functional groups attached to an aromatic ring is 1. The average molecular weight is 301 g/mol. The molecule has 19 heavy (non-hydrogen) atoms. The number of halogens is 1. The van der Waals surface area contributed by atoms with Crippen molar-refractivity contribution in [2.75, 3.05) is 12.3 Å². The summed E-state index contributed by atoms with van der Waals surface area (Å²) < 4.78 is 26.8. The highest BCUT2D eigenvalue weighted by Gasteiger charge is 2.17. The van der Waals surface area contributed by atoms with E-state index in [0.717, 1.165) is 19.3 Å². The van der Waals surface area contributed by atoms with E-state index in [1.807, 2.05) is 0 Å². The van der Waals surface area contributed by atoms with Crippen molar-refractivity contribution in [2.24, 2.45) is 0 Å². The van der Waals surface area contributed by atoms with Crippen LogP contribution >= 0.6 is 11.6 Å². The molecule has 1 aromatic carbocycles. The quantitative estimate of drug-likeness (QED) is 0.649. The van der Waals surface area contributed by atoms with Gasteiger partial charge in [-0.25, -0.2) is 13.1 Å². The Morgan fingerprint density at radius 3 is 2.84 bits per heavy atom. The highest BCUT2D eigenvalue weighted by molar-refractivity contribution is 7.89. The molecule has 0 fully saturated rings. The molecular formula is C13H17ClN2O2S. The van der Waals surface area contributed by atoms with Gasteiger partial charge < -0.3 is 5.73 Å². The summed E-state index contributed by atoms with van der Waals surface area (Å²) in [7, 11) is -3.59. The minimum atomic E-state index is -3.59. The Morgan fingerprint density at radius 1 is 1.37 bits per heavy atom. The van der Waals surface area contributed by atoms with Crippen LogP contribution in [-0.4, -0.2) is 15.0 Å². The van der Waals surface area contributed by atoms with Crippen molar-refractivity contribution in [1.82, 2.24) is 4.72 Å². The number of hydrogen-bond acceptors (Lipinski definition) is 3. The lowest BCUT2D eigenvalue weighted by Crippen LogP contribution is -2.25. The van der Waals surface area contributed by atoms with Crippen LogP contribution in [0.5, 0.6) is 0 Å². The average Bonchev–Trinajstić information content (AvgIpc) is 2.85. The van der Waals surface area contributed by atoms with E-state index in [9.17, 15) is 8.42 Å². The summed E-state index contributed by atoms with van der Waals surface area (Å²) in [5.41, 5.74) is 7.21. The summed E-state index contributed by atoms with van der Waals surface area (Å²) in [4.78, 5) is 0.0420. The van der Waals surface area contributed by atoms with Crippen molar-refractivity contribution in [3.63, 3.8) is 0 Å². The van der Waals surface area contributed by atoms with E-state index in [2.05, 4.69) is 10.8 Å². The number of nitrogens with two attached hydrogens (primary N) is 1. The molecule has 1 aromatic rings. The fourth-order valence-corrected chi connectivity index (χ4v) is 3.55. The molecule has 0 bridgehead atoms. The molecule has 0 radical (unpaired) electrons. The molecular weight excluding hydrogens is 284 g/mol. The Labute approximate surface area is 118 Å². The van der Waals surface area contributed by atoms with Crippen molar-refractivity contribution in [3.8, 4) is 0 Å². The van der Waals surface area contributed by atoms with Crippen LogP contribution in [0.2, 0.25) is 5.02 Å². The van der Waals surface area contributed by atoms with Gasteiger partial charge >= 0.3 is 0 Å². The van der Waals surface area contributed by atoms with Crippen LogP contribution in [0.3, 0.4) is 0 Å². The fraction of sp³-hybridized carbons (Fsp3) is 0.385. The first-order valence-corrected chi connectivity index (χ1v) is 8.08. The molecule has 0 amide bonds. The second-order valence-electron chi connectivity index (χ2n) is 4.58. The van der Waals surface area contributed by atoms with E-state index in [4.69, 9.17) is 17.3 Å². The second-order valence-corrected chi connectivity index (χ2v) is 6.76. The Kier molecular flexibility index (Phi) is 4.50. The van der Waals surface area contributed by atoms with Crippen molar-refractivity contribution >= 4 is 27.3 Å². The monoisotopic (exact) mass is 300 g/mol. The van der Waals surface area contributed by atoms with Gasteiger partial charge in [0, 0.05) is 11.6 Å². The van der Waals surface area contributed by atoms with E-state index < -0.39 is 10.0 Å². The largest absolute Gasteiger partial charge is 0.398 e. The molecule has 0 unspecified atom stereocenters. The smallest absolute Gasteiger partial charge is 0.242 e. The van der Waals surface area contributed by atoms with Crippen LogP contribution in [0, 0.1) is 0 Å². The molecule has 0 saturated carbocycles. The number of nitrogens with one attached hydrogen (secondary N) is 1. The number of allylic oxidation sites excluding steroid dienone is 1. The molecule has 0 spiro atoms. The number of hydrogen-bond donors (Lipinski definition) is 2. The number of sulfonamides is 1. The maximum atomic E-state index is 12.1. The predicted octanol–water partition coefficient (Wildman–Crippen LogP) is 2.70. The number of anilines is 1. The summed E-state index contributed by atoms with van der Waals surface area (Å²) in [6.45, 7) is 0.389. The first-order valence-electron chi connectivity index (χ1n) is 6.21. The Morgan fingerprint density at radius 2 is 2.16 bits per heavy atom.